The van der Waals surface area contributed by atoms with Crippen molar-refractivity contribution in [2.45, 2.75) is 20.1 Å². The van der Waals surface area contributed by atoms with Gasteiger partial charge in [-0.2, -0.15) is 0 Å². The first-order chi connectivity index (χ1) is 14.9. The van der Waals surface area contributed by atoms with Crippen LogP contribution in [-0.2, 0) is 13.2 Å². The zero-order chi connectivity index (χ0) is 22.0. The van der Waals surface area contributed by atoms with Crippen LogP contribution in [0, 0.1) is 6.92 Å². The Labute approximate surface area is 188 Å². The van der Waals surface area contributed by atoms with E-state index in [1.807, 2.05) is 25.4 Å². The van der Waals surface area contributed by atoms with Crippen molar-refractivity contribution in [3.8, 4) is 5.75 Å². The lowest BCUT2D eigenvalue weighted by Gasteiger charge is -2.12. The molecule has 3 N–H and O–H groups in total. The number of carbonyl (C=O) groups is 1. The summed E-state index contributed by atoms with van der Waals surface area (Å²) in [7, 11) is 0. The summed E-state index contributed by atoms with van der Waals surface area (Å²) in [6.45, 7) is 2.21. The Morgan fingerprint density at radius 3 is 2.77 bits per heavy atom. The van der Waals surface area contributed by atoms with Crippen LogP contribution in [0.15, 0.2) is 48.9 Å². The molecule has 1 amide bonds. The largest absolute Gasteiger partial charge is 0.485 e. The molecule has 0 saturated carbocycles. The van der Waals surface area contributed by atoms with Gasteiger partial charge in [0, 0.05) is 39.9 Å². The summed E-state index contributed by atoms with van der Waals surface area (Å²) in [5.74, 6) is 0.652. The number of rotatable bonds is 6. The van der Waals surface area contributed by atoms with E-state index in [0.29, 0.717) is 32.6 Å². The number of fused-ring (bicyclic) bond motifs is 1. The molecule has 1 aromatic carbocycles. The van der Waals surface area contributed by atoms with Crippen LogP contribution in [0.2, 0.25) is 10.0 Å². The van der Waals surface area contributed by atoms with E-state index in [2.05, 4.69) is 20.3 Å². The quantitative estimate of drug-likeness (QED) is 0.456. The van der Waals surface area contributed by atoms with Crippen LogP contribution in [0.1, 0.15) is 27.3 Å². The van der Waals surface area contributed by atoms with Gasteiger partial charge < -0.3 is 15.8 Å². The maximum Gasteiger partial charge on any atom is 0.253 e. The molecule has 3 heterocycles. The van der Waals surface area contributed by atoms with Crippen LogP contribution >= 0.6 is 23.2 Å². The van der Waals surface area contributed by atoms with Crippen molar-refractivity contribution >= 4 is 40.7 Å². The van der Waals surface area contributed by atoms with Crippen molar-refractivity contribution in [2.24, 2.45) is 0 Å². The van der Waals surface area contributed by atoms with E-state index in [1.165, 1.54) is 12.3 Å². The molecule has 3 aromatic heterocycles. The molecular formula is C21H18Cl2N6O2. The summed E-state index contributed by atoms with van der Waals surface area (Å²) >= 11 is 12.3. The summed E-state index contributed by atoms with van der Waals surface area (Å²) < 4.78 is 7.53. The number of nitrogens with zero attached hydrogens (tertiary/aromatic N) is 4. The van der Waals surface area contributed by atoms with Crippen molar-refractivity contribution < 1.29 is 9.53 Å². The third-order valence-corrected chi connectivity index (χ3v) is 5.23. The molecule has 4 aromatic rings. The van der Waals surface area contributed by atoms with Crippen molar-refractivity contribution in [1.29, 1.82) is 0 Å². The number of nitrogen functional groups attached to an aromatic ring is 1. The number of carbonyl (C=O) groups excluding carboxylic acids is 1. The topological polar surface area (TPSA) is 107 Å². The Morgan fingerprint density at radius 1 is 1.23 bits per heavy atom. The highest BCUT2D eigenvalue weighted by Crippen LogP contribution is 2.27. The summed E-state index contributed by atoms with van der Waals surface area (Å²) in [5, 5.41) is 3.76. The maximum absolute atomic E-state index is 12.6. The second kappa shape index (κ2) is 8.79. The van der Waals surface area contributed by atoms with E-state index in [4.69, 9.17) is 33.7 Å². The van der Waals surface area contributed by atoms with E-state index in [1.54, 1.807) is 22.6 Å². The molecule has 0 saturated heterocycles. The molecule has 0 fully saturated rings. The first-order valence-corrected chi connectivity index (χ1v) is 10.1. The van der Waals surface area contributed by atoms with Crippen molar-refractivity contribution in [2.75, 3.05) is 5.73 Å². The van der Waals surface area contributed by atoms with Crippen LogP contribution in [0.4, 0.5) is 5.82 Å². The van der Waals surface area contributed by atoms with Crippen LogP contribution in [0.25, 0.3) is 5.78 Å². The average molecular weight is 457 g/mol. The Morgan fingerprint density at radius 2 is 2.00 bits per heavy atom. The molecule has 0 spiro atoms. The highest BCUT2D eigenvalue weighted by Gasteiger charge is 2.13. The standard InChI is InChI=1S/C21H18Cl2N6O2/c1-12-5-6-29-10-14(28-21(29)27-12)9-26-20(30)13-7-18(19(24)25-8-13)31-11-15-16(22)3-2-4-17(15)23/h2-8,10H,9,11H2,1H3,(H2,24,25)(H,26,30). The third-order valence-electron chi connectivity index (χ3n) is 4.52. The summed E-state index contributed by atoms with van der Waals surface area (Å²) in [6, 6.07) is 8.59. The predicted molar refractivity (Wildman–Crippen MR) is 118 cm³/mol. The highest BCUT2D eigenvalue weighted by molar-refractivity contribution is 6.35. The fourth-order valence-corrected chi connectivity index (χ4v) is 3.39. The smallest absolute Gasteiger partial charge is 0.253 e. The van der Waals surface area contributed by atoms with Crippen molar-refractivity contribution in [3.05, 3.63) is 81.5 Å². The van der Waals surface area contributed by atoms with Crippen molar-refractivity contribution in [3.63, 3.8) is 0 Å². The maximum atomic E-state index is 12.6. The number of hydrogen-bond acceptors (Lipinski definition) is 6. The molecule has 0 radical (unpaired) electrons. The van der Waals surface area contributed by atoms with Gasteiger partial charge in [-0.15, -0.1) is 0 Å². The number of pyridine rings is 1. The monoisotopic (exact) mass is 456 g/mol. The van der Waals surface area contributed by atoms with Gasteiger partial charge in [-0.3, -0.25) is 9.20 Å². The van der Waals surface area contributed by atoms with E-state index >= 15 is 0 Å². The first kappa shape index (κ1) is 20.9. The van der Waals surface area contributed by atoms with Crippen LogP contribution in [0.3, 0.4) is 0 Å². The number of hydrogen-bond donors (Lipinski definition) is 2. The van der Waals surface area contributed by atoms with E-state index in [9.17, 15) is 4.79 Å². The van der Waals surface area contributed by atoms with Crippen LogP contribution in [0.5, 0.6) is 5.75 Å². The SMILES string of the molecule is Cc1ccn2cc(CNC(=O)c3cnc(N)c(OCc4c(Cl)cccc4Cl)c3)nc2n1. The summed E-state index contributed by atoms with van der Waals surface area (Å²) in [5.41, 5.74) is 8.36. The van der Waals surface area contributed by atoms with Gasteiger partial charge >= 0.3 is 0 Å². The molecule has 8 nitrogen and oxygen atoms in total. The zero-order valence-electron chi connectivity index (χ0n) is 16.5. The Balaban J connectivity index is 1.44. The number of imidazole rings is 1. The van der Waals surface area contributed by atoms with Gasteiger partial charge in [0.2, 0.25) is 5.78 Å². The Kier molecular flexibility index (Phi) is 5.92. The fourth-order valence-electron chi connectivity index (χ4n) is 2.88. The molecular weight excluding hydrogens is 439 g/mol. The lowest BCUT2D eigenvalue weighted by Crippen LogP contribution is -2.23. The number of nitrogens with one attached hydrogen (secondary N) is 1. The van der Waals surface area contributed by atoms with Crippen LogP contribution in [-0.4, -0.2) is 25.3 Å². The van der Waals surface area contributed by atoms with Crippen molar-refractivity contribution in [1.82, 2.24) is 24.7 Å². The summed E-state index contributed by atoms with van der Waals surface area (Å²) in [6.07, 6.45) is 5.06. The van der Waals surface area contributed by atoms with Gasteiger partial charge in [0.05, 0.1) is 17.8 Å². The second-order valence-electron chi connectivity index (χ2n) is 6.79. The molecule has 158 valence electrons. The lowest BCUT2D eigenvalue weighted by atomic mass is 10.2. The minimum atomic E-state index is -0.339. The molecule has 31 heavy (non-hydrogen) atoms. The minimum absolute atomic E-state index is 0.0864. The van der Waals surface area contributed by atoms with Gasteiger partial charge in [0.1, 0.15) is 6.61 Å². The van der Waals surface area contributed by atoms with Crippen LogP contribution < -0.4 is 15.8 Å². The normalized spacial score (nSPS) is 10.9. The zero-order valence-corrected chi connectivity index (χ0v) is 18.0. The number of nitrogens with two attached hydrogens (primary N) is 1. The van der Waals surface area contributed by atoms with Gasteiger partial charge in [0.25, 0.3) is 5.91 Å². The number of halogens is 2. The molecule has 4 rings (SSSR count). The number of benzene rings is 1. The highest BCUT2D eigenvalue weighted by atomic mass is 35.5. The Bertz CT molecular complexity index is 1250. The number of aromatic nitrogens is 4. The molecule has 0 aliphatic heterocycles. The molecule has 0 unspecified atom stereocenters. The molecule has 0 bridgehead atoms. The number of anilines is 1. The van der Waals surface area contributed by atoms with E-state index in [0.717, 1.165) is 5.69 Å². The van der Waals surface area contributed by atoms with Gasteiger partial charge in [-0.25, -0.2) is 15.0 Å². The second-order valence-corrected chi connectivity index (χ2v) is 7.60. The minimum Gasteiger partial charge on any atom is -0.485 e. The summed E-state index contributed by atoms with van der Waals surface area (Å²) in [4.78, 5) is 25.4. The fraction of sp³-hybridized carbons (Fsp3) is 0.143. The molecule has 0 aliphatic rings. The third kappa shape index (κ3) is 4.70. The predicted octanol–water partition coefficient (Wildman–Crippen LogP) is 3.83. The van der Waals surface area contributed by atoms with Gasteiger partial charge in [0.15, 0.2) is 11.6 Å². The van der Waals surface area contributed by atoms with Gasteiger partial charge in [-0.05, 0) is 31.2 Å². The lowest BCUT2D eigenvalue weighted by molar-refractivity contribution is 0.0949. The number of aryl methyl sites for hydroxylation is 1. The number of ether oxygens (including phenoxy) is 1. The van der Waals surface area contributed by atoms with E-state index < -0.39 is 0 Å². The first-order valence-electron chi connectivity index (χ1n) is 9.31. The average Bonchev–Trinajstić information content (AvgIpc) is 3.14. The van der Waals surface area contributed by atoms with Gasteiger partial charge in [-0.1, -0.05) is 29.3 Å². The molecule has 10 heteroatoms. The van der Waals surface area contributed by atoms with E-state index in [-0.39, 0.29) is 30.6 Å². The Hall–Kier alpha value is -3.36. The molecule has 0 atom stereocenters. The number of amides is 1. The molecule has 0 aliphatic carbocycles.